The maximum absolute atomic E-state index is 12.9. The molecule has 2 aromatic carbocycles. The summed E-state index contributed by atoms with van der Waals surface area (Å²) in [7, 11) is 0. The van der Waals surface area contributed by atoms with E-state index in [-0.39, 0.29) is 18.2 Å². The Balaban J connectivity index is 1.73. The highest BCUT2D eigenvalue weighted by molar-refractivity contribution is 5.67. The molecule has 0 radical (unpaired) electrons. The van der Waals surface area contributed by atoms with Crippen LogP contribution in [-0.2, 0) is 6.61 Å². The third-order valence-electron chi connectivity index (χ3n) is 3.69. The fourth-order valence-corrected chi connectivity index (χ4v) is 2.35. The van der Waals surface area contributed by atoms with Crippen LogP contribution in [0.3, 0.4) is 0 Å². The van der Waals surface area contributed by atoms with Gasteiger partial charge in [-0.3, -0.25) is 14.9 Å². The van der Waals surface area contributed by atoms with Gasteiger partial charge in [-0.15, -0.1) is 0 Å². The lowest BCUT2D eigenvalue weighted by Crippen LogP contribution is -2.14. The van der Waals surface area contributed by atoms with E-state index in [9.17, 15) is 24.4 Å². The number of benzene rings is 2. The third kappa shape index (κ3) is 4.58. The average Bonchev–Trinajstić information content (AvgIpc) is 2.65. The molecule has 0 aliphatic carbocycles. The van der Waals surface area contributed by atoms with Crippen LogP contribution in [0.25, 0.3) is 12.2 Å². The predicted molar refractivity (Wildman–Crippen MR) is 99.3 cm³/mol. The molecule has 0 saturated carbocycles. The van der Waals surface area contributed by atoms with Gasteiger partial charge in [0.2, 0.25) is 0 Å². The van der Waals surface area contributed by atoms with Gasteiger partial charge in [-0.25, -0.2) is 4.39 Å². The molecule has 0 aliphatic heterocycles. The Morgan fingerprint density at radius 2 is 1.96 bits per heavy atom. The Hall–Kier alpha value is -4.01. The molecule has 9 heteroatoms. The molecule has 28 heavy (non-hydrogen) atoms. The zero-order chi connectivity index (χ0) is 20.1. The highest BCUT2D eigenvalue weighted by Crippen LogP contribution is 2.19. The number of halogens is 1. The highest BCUT2D eigenvalue weighted by atomic mass is 19.1. The van der Waals surface area contributed by atoms with Gasteiger partial charge in [0.1, 0.15) is 24.0 Å². The van der Waals surface area contributed by atoms with Crippen LogP contribution < -0.4 is 10.3 Å². The number of aromatic nitrogens is 2. The quantitative estimate of drug-likeness (QED) is 0.498. The van der Waals surface area contributed by atoms with Crippen LogP contribution in [-0.4, -0.2) is 20.0 Å². The molecule has 0 spiro atoms. The SMILES string of the molecule is O=c1[nH]c(/C=C\c2cccc(OCc3ccc(F)cc3)c2)nc(O)c1[N+](=O)[O-]. The van der Waals surface area contributed by atoms with Crippen LogP contribution in [0.15, 0.2) is 53.3 Å². The van der Waals surface area contributed by atoms with Crippen molar-refractivity contribution < 1.29 is 19.2 Å². The first-order valence-electron chi connectivity index (χ1n) is 8.05. The maximum Gasteiger partial charge on any atom is 0.395 e. The van der Waals surface area contributed by atoms with Crippen LogP contribution in [0.2, 0.25) is 0 Å². The summed E-state index contributed by atoms with van der Waals surface area (Å²) < 4.78 is 18.6. The molecule has 0 saturated heterocycles. The van der Waals surface area contributed by atoms with E-state index in [1.807, 2.05) is 0 Å². The molecular weight excluding hydrogens is 369 g/mol. The molecule has 8 nitrogen and oxygen atoms in total. The van der Waals surface area contributed by atoms with Crippen LogP contribution >= 0.6 is 0 Å². The topological polar surface area (TPSA) is 118 Å². The standard InChI is InChI=1S/C19H14FN3O5/c20-14-7-4-13(5-8-14)11-28-15-3-1-2-12(10-15)6-9-16-21-18(24)17(23(26)27)19(25)22-16/h1-10H,11H2,(H2,21,22,24,25)/b9-6-. The summed E-state index contributed by atoms with van der Waals surface area (Å²) in [6.45, 7) is 0.262. The summed E-state index contributed by atoms with van der Waals surface area (Å²) in [6, 6.07) is 13.0. The normalized spacial score (nSPS) is 10.9. The van der Waals surface area contributed by atoms with E-state index in [0.717, 1.165) is 5.56 Å². The van der Waals surface area contributed by atoms with Gasteiger partial charge >= 0.3 is 11.2 Å². The molecule has 0 fully saturated rings. The molecule has 2 N–H and O–H groups in total. The number of rotatable bonds is 6. The molecule has 3 rings (SSSR count). The number of H-pyrrole nitrogens is 1. The molecule has 0 atom stereocenters. The van der Waals surface area contributed by atoms with Gasteiger partial charge in [0.15, 0.2) is 0 Å². The van der Waals surface area contributed by atoms with Gasteiger partial charge in [-0.1, -0.05) is 30.3 Å². The smallest absolute Gasteiger partial charge is 0.395 e. The van der Waals surface area contributed by atoms with Crippen molar-refractivity contribution in [2.45, 2.75) is 6.61 Å². The molecule has 0 aliphatic rings. The highest BCUT2D eigenvalue weighted by Gasteiger charge is 2.21. The van der Waals surface area contributed by atoms with Gasteiger partial charge in [-0.05, 0) is 41.5 Å². The molecule has 142 valence electrons. The Labute approximate surface area is 157 Å². The zero-order valence-electron chi connectivity index (χ0n) is 14.3. The molecule has 0 amide bonds. The summed E-state index contributed by atoms with van der Waals surface area (Å²) in [5, 5.41) is 20.2. The van der Waals surface area contributed by atoms with Gasteiger partial charge in [-0.2, -0.15) is 4.98 Å². The largest absolute Gasteiger partial charge is 0.489 e. The van der Waals surface area contributed by atoms with E-state index in [0.29, 0.717) is 11.3 Å². The van der Waals surface area contributed by atoms with E-state index in [4.69, 9.17) is 4.74 Å². The molecule has 1 heterocycles. The molecular formula is C19H14FN3O5. The van der Waals surface area contributed by atoms with Crippen LogP contribution in [0.1, 0.15) is 17.0 Å². The number of nitrogens with one attached hydrogen (secondary N) is 1. The third-order valence-corrected chi connectivity index (χ3v) is 3.69. The van der Waals surface area contributed by atoms with Crippen LogP contribution in [0.4, 0.5) is 10.1 Å². The van der Waals surface area contributed by atoms with Crippen LogP contribution in [0, 0.1) is 15.9 Å². The number of hydrogen-bond acceptors (Lipinski definition) is 6. The minimum absolute atomic E-state index is 0.0364. The molecule has 0 bridgehead atoms. The van der Waals surface area contributed by atoms with Crippen molar-refractivity contribution in [3.8, 4) is 11.6 Å². The van der Waals surface area contributed by atoms with Crippen molar-refractivity contribution in [2.75, 3.05) is 0 Å². The monoisotopic (exact) mass is 383 g/mol. The summed E-state index contributed by atoms with van der Waals surface area (Å²) in [5.41, 5.74) is -0.538. The second-order valence-corrected chi connectivity index (χ2v) is 5.70. The fraction of sp³-hybridized carbons (Fsp3) is 0.0526. The van der Waals surface area contributed by atoms with Gasteiger partial charge in [0, 0.05) is 0 Å². The van der Waals surface area contributed by atoms with Crippen molar-refractivity contribution in [3.63, 3.8) is 0 Å². The second kappa shape index (κ2) is 8.12. The minimum Gasteiger partial charge on any atom is -0.489 e. The van der Waals surface area contributed by atoms with Crippen molar-refractivity contribution in [1.82, 2.24) is 9.97 Å². The minimum atomic E-state index is -1.05. The Morgan fingerprint density at radius 1 is 1.21 bits per heavy atom. The van der Waals surface area contributed by atoms with Crippen molar-refractivity contribution in [3.05, 3.63) is 91.8 Å². The number of ether oxygens (including phenoxy) is 1. The first kappa shape index (κ1) is 18.8. The average molecular weight is 383 g/mol. The first-order chi connectivity index (χ1) is 13.4. The van der Waals surface area contributed by atoms with Gasteiger partial charge in [0.25, 0.3) is 5.88 Å². The molecule has 3 aromatic rings. The summed E-state index contributed by atoms with van der Waals surface area (Å²) in [6.07, 6.45) is 2.98. The molecule has 0 unspecified atom stereocenters. The number of hydrogen-bond donors (Lipinski definition) is 2. The van der Waals surface area contributed by atoms with Gasteiger partial charge < -0.3 is 14.8 Å². The molecule has 1 aromatic heterocycles. The van der Waals surface area contributed by atoms with E-state index in [1.54, 1.807) is 42.5 Å². The van der Waals surface area contributed by atoms with Gasteiger partial charge in [0.05, 0.1) is 4.92 Å². The van der Waals surface area contributed by atoms with E-state index >= 15 is 0 Å². The van der Waals surface area contributed by atoms with E-state index in [1.165, 1.54) is 18.2 Å². The summed E-state index contributed by atoms with van der Waals surface area (Å²) in [4.78, 5) is 27.1. The van der Waals surface area contributed by atoms with Crippen molar-refractivity contribution >= 4 is 17.8 Å². The lowest BCUT2D eigenvalue weighted by atomic mass is 10.2. The fourth-order valence-electron chi connectivity index (χ4n) is 2.35. The number of aromatic amines is 1. The maximum atomic E-state index is 12.9. The van der Waals surface area contributed by atoms with Crippen LogP contribution in [0.5, 0.6) is 11.6 Å². The van der Waals surface area contributed by atoms with Crippen molar-refractivity contribution in [2.24, 2.45) is 0 Å². The lowest BCUT2D eigenvalue weighted by Gasteiger charge is -2.07. The Morgan fingerprint density at radius 3 is 2.64 bits per heavy atom. The lowest BCUT2D eigenvalue weighted by molar-refractivity contribution is -0.387. The van der Waals surface area contributed by atoms with E-state index in [2.05, 4.69) is 9.97 Å². The zero-order valence-corrected chi connectivity index (χ0v) is 14.3. The number of nitrogens with zero attached hydrogens (tertiary/aromatic N) is 2. The number of nitro groups is 1. The predicted octanol–water partition coefficient (Wildman–Crippen LogP) is 3.27. The number of aromatic hydroxyl groups is 1. The van der Waals surface area contributed by atoms with Crippen molar-refractivity contribution in [1.29, 1.82) is 0 Å². The Kier molecular flexibility index (Phi) is 5.45. The summed E-state index contributed by atoms with van der Waals surface area (Å²) in [5.74, 6) is -0.741. The summed E-state index contributed by atoms with van der Waals surface area (Å²) >= 11 is 0. The van der Waals surface area contributed by atoms with E-state index < -0.39 is 22.0 Å². The Bertz CT molecular complexity index is 1090. The second-order valence-electron chi connectivity index (χ2n) is 5.70. The first-order valence-corrected chi connectivity index (χ1v) is 8.05.